The lowest BCUT2D eigenvalue weighted by Gasteiger charge is -2.35. The van der Waals surface area contributed by atoms with Gasteiger partial charge in [-0.05, 0) is 18.6 Å². The molecule has 2 aromatic heterocycles. The van der Waals surface area contributed by atoms with E-state index in [0.29, 0.717) is 40.6 Å². The highest BCUT2D eigenvalue weighted by molar-refractivity contribution is 8.26. The zero-order valence-electron chi connectivity index (χ0n) is 19.9. The Balaban J connectivity index is 0.996. The Morgan fingerprint density at radius 3 is 2.51 bits per heavy atom. The largest absolute Gasteiger partial charge is 0.477 e. The van der Waals surface area contributed by atoms with Crippen LogP contribution in [0, 0.1) is 6.92 Å². The van der Waals surface area contributed by atoms with Crippen LogP contribution in [-0.4, -0.2) is 87.0 Å². The number of aryl methyl sites for hydroxylation is 1. The normalized spacial score (nSPS) is 19.4. The molecule has 5 heterocycles. The van der Waals surface area contributed by atoms with E-state index in [0.717, 1.165) is 44.7 Å². The molecule has 0 saturated carbocycles. The summed E-state index contributed by atoms with van der Waals surface area (Å²) in [6, 6.07) is 7.43. The van der Waals surface area contributed by atoms with Crippen LogP contribution < -0.4 is 4.74 Å². The minimum atomic E-state index is -2.76. The number of piperazine rings is 1. The van der Waals surface area contributed by atoms with E-state index in [1.54, 1.807) is 25.4 Å². The molecule has 192 valence electrons. The van der Waals surface area contributed by atoms with Crippen molar-refractivity contribution in [2.75, 3.05) is 39.3 Å². The molecule has 0 N–H and O–H groups in total. The van der Waals surface area contributed by atoms with E-state index >= 15 is 0 Å². The van der Waals surface area contributed by atoms with Crippen LogP contribution in [0.1, 0.15) is 17.9 Å². The van der Waals surface area contributed by atoms with Gasteiger partial charge >= 0.3 is 11.9 Å². The third kappa shape index (κ3) is 4.49. The molecular weight excluding hydrogens is 502 g/mol. The van der Waals surface area contributed by atoms with E-state index in [1.165, 1.54) is 0 Å². The lowest BCUT2D eigenvalue weighted by Crippen LogP contribution is -2.49. The average molecular weight is 526 g/mol. The van der Waals surface area contributed by atoms with E-state index in [-0.39, 0.29) is 0 Å². The van der Waals surface area contributed by atoms with Crippen molar-refractivity contribution in [3.8, 4) is 17.4 Å². The van der Waals surface area contributed by atoms with Gasteiger partial charge in [-0.1, -0.05) is 17.3 Å². The van der Waals surface area contributed by atoms with Crippen molar-refractivity contribution in [3.05, 3.63) is 48.1 Å². The van der Waals surface area contributed by atoms with Gasteiger partial charge in [0.05, 0.1) is 19.0 Å². The number of amidine groups is 1. The van der Waals surface area contributed by atoms with Gasteiger partial charge in [0.2, 0.25) is 17.6 Å². The van der Waals surface area contributed by atoms with Gasteiger partial charge in [-0.25, -0.2) is 19.6 Å². The highest BCUT2D eigenvalue weighted by atomic mass is 32.3. The SMILES string of the molecule is Cc1nc(-c2cnc(OCCCN3CCN(C4=NS5(OC(=O)C(=O)O5)c5ccccc54)CC3)cn2)no1. The van der Waals surface area contributed by atoms with E-state index in [4.69, 9.17) is 17.6 Å². The molecule has 13 nitrogen and oxygen atoms in total. The Labute approximate surface area is 213 Å². The minimum Gasteiger partial charge on any atom is -0.477 e. The Morgan fingerprint density at radius 1 is 1.03 bits per heavy atom. The number of rotatable bonds is 6. The van der Waals surface area contributed by atoms with Crippen LogP contribution in [0.2, 0.25) is 0 Å². The summed E-state index contributed by atoms with van der Waals surface area (Å²) in [6.07, 6.45) is 3.94. The van der Waals surface area contributed by atoms with Crippen LogP contribution in [0.3, 0.4) is 0 Å². The summed E-state index contributed by atoms with van der Waals surface area (Å²) in [5.41, 5.74) is 1.36. The molecule has 0 unspecified atom stereocenters. The predicted octanol–water partition coefficient (Wildman–Crippen LogP) is 1.69. The van der Waals surface area contributed by atoms with E-state index < -0.39 is 22.7 Å². The van der Waals surface area contributed by atoms with Crippen molar-refractivity contribution in [2.45, 2.75) is 18.2 Å². The summed E-state index contributed by atoms with van der Waals surface area (Å²) < 4.78 is 26.0. The number of carbonyl (C=O) groups is 2. The molecule has 2 fully saturated rings. The Morgan fingerprint density at radius 2 is 1.81 bits per heavy atom. The fraction of sp³-hybridized carbons (Fsp3) is 0.348. The summed E-state index contributed by atoms with van der Waals surface area (Å²) >= 11 is 0. The van der Waals surface area contributed by atoms with Crippen molar-refractivity contribution in [1.29, 1.82) is 0 Å². The second kappa shape index (κ2) is 9.44. The average Bonchev–Trinajstić information content (AvgIpc) is 3.58. The van der Waals surface area contributed by atoms with Gasteiger partial charge in [-0.3, -0.25) is 4.90 Å². The maximum Gasteiger partial charge on any atom is 0.443 e. The van der Waals surface area contributed by atoms with Crippen molar-refractivity contribution < 1.29 is 27.2 Å². The third-order valence-corrected chi connectivity index (χ3v) is 8.16. The lowest BCUT2D eigenvalue weighted by atomic mass is 10.1. The predicted molar refractivity (Wildman–Crippen MR) is 129 cm³/mol. The zero-order chi connectivity index (χ0) is 25.4. The molecular formula is C23H23N7O6S. The Hall–Kier alpha value is -4.04. The molecule has 1 spiro atoms. The first-order valence-electron chi connectivity index (χ1n) is 11.7. The maximum atomic E-state index is 11.8. The van der Waals surface area contributed by atoms with Crippen LogP contribution in [0.25, 0.3) is 11.5 Å². The third-order valence-electron chi connectivity index (χ3n) is 6.08. The molecule has 0 aliphatic carbocycles. The van der Waals surface area contributed by atoms with Crippen LogP contribution in [0.5, 0.6) is 5.88 Å². The number of ether oxygens (including phenoxy) is 1. The molecule has 0 atom stereocenters. The maximum absolute atomic E-state index is 11.8. The number of carbonyl (C=O) groups excluding carboxylic acids is 2. The second-order valence-electron chi connectivity index (χ2n) is 8.54. The number of nitrogens with zero attached hydrogens (tertiary/aromatic N) is 7. The van der Waals surface area contributed by atoms with Crippen molar-refractivity contribution in [2.24, 2.45) is 4.40 Å². The molecule has 3 aliphatic heterocycles. The number of aromatic nitrogens is 4. The fourth-order valence-electron chi connectivity index (χ4n) is 4.29. The van der Waals surface area contributed by atoms with Gasteiger partial charge in [-0.15, -0.1) is 4.40 Å². The number of hydrogen-bond donors (Lipinski definition) is 0. The summed E-state index contributed by atoms with van der Waals surface area (Å²) in [5, 5.41) is 3.83. The molecule has 3 aliphatic rings. The summed E-state index contributed by atoms with van der Waals surface area (Å²) in [4.78, 5) is 41.4. The molecule has 3 aromatic rings. The van der Waals surface area contributed by atoms with Gasteiger partial charge in [0.15, 0.2) is 5.84 Å². The molecule has 0 radical (unpaired) electrons. The van der Waals surface area contributed by atoms with Gasteiger partial charge < -0.3 is 22.5 Å². The lowest BCUT2D eigenvalue weighted by molar-refractivity contribution is -0.150. The summed E-state index contributed by atoms with van der Waals surface area (Å²) in [5.74, 6) is 0.0145. The highest BCUT2D eigenvalue weighted by Crippen LogP contribution is 2.66. The standard InChI is InChI=1S/C23H23N7O6S/c1-15-26-20(27-34-15)17-13-25-19(14-24-17)33-12-4-7-29-8-10-30(11-9-29)21-16-5-2-3-6-18(16)37(28-21)35-22(31)23(32)36-37/h2-3,5-6,13-14H,4,7-12H2,1H3. The van der Waals surface area contributed by atoms with Crippen LogP contribution in [-0.2, 0) is 18.0 Å². The molecule has 2 saturated heterocycles. The molecule has 6 rings (SSSR count). The van der Waals surface area contributed by atoms with Crippen LogP contribution >= 0.6 is 10.8 Å². The molecule has 14 heteroatoms. The number of hydrogen-bond acceptors (Lipinski definition) is 13. The highest BCUT2D eigenvalue weighted by Gasteiger charge is 2.49. The van der Waals surface area contributed by atoms with Crippen molar-refractivity contribution >= 4 is 28.6 Å². The van der Waals surface area contributed by atoms with Crippen molar-refractivity contribution in [3.63, 3.8) is 0 Å². The van der Waals surface area contributed by atoms with E-state index in [9.17, 15) is 9.59 Å². The summed E-state index contributed by atoms with van der Waals surface area (Å²) in [6.45, 7) is 6.25. The van der Waals surface area contributed by atoms with Crippen LogP contribution in [0.15, 0.2) is 50.5 Å². The monoisotopic (exact) mass is 525 g/mol. The second-order valence-corrected chi connectivity index (χ2v) is 10.4. The summed E-state index contributed by atoms with van der Waals surface area (Å²) in [7, 11) is -2.76. The molecule has 0 bridgehead atoms. The molecule has 0 amide bonds. The number of benzene rings is 1. The van der Waals surface area contributed by atoms with Gasteiger partial charge in [0.25, 0.3) is 0 Å². The molecule has 1 aromatic carbocycles. The van der Waals surface area contributed by atoms with E-state index in [1.807, 2.05) is 18.2 Å². The Kier molecular flexibility index (Phi) is 5.96. The molecule has 37 heavy (non-hydrogen) atoms. The zero-order valence-corrected chi connectivity index (χ0v) is 20.7. The van der Waals surface area contributed by atoms with Crippen molar-refractivity contribution in [1.82, 2.24) is 29.9 Å². The van der Waals surface area contributed by atoms with Gasteiger partial charge in [0, 0.05) is 56.0 Å². The Bertz CT molecular complexity index is 1350. The van der Waals surface area contributed by atoms with Crippen LogP contribution in [0.4, 0.5) is 0 Å². The first-order chi connectivity index (χ1) is 18.0. The number of fused-ring (bicyclic) bond motifs is 2. The minimum absolute atomic E-state index is 0.393. The van der Waals surface area contributed by atoms with Gasteiger partial charge in [-0.2, -0.15) is 4.98 Å². The fourth-order valence-corrected chi connectivity index (χ4v) is 6.35. The first kappa shape index (κ1) is 23.4. The first-order valence-corrected chi connectivity index (χ1v) is 13.2. The smallest absolute Gasteiger partial charge is 0.443 e. The topological polar surface area (TPSA) is 145 Å². The van der Waals surface area contributed by atoms with Gasteiger partial charge in [0.1, 0.15) is 10.6 Å². The quantitative estimate of drug-likeness (QED) is 0.341. The van der Waals surface area contributed by atoms with E-state index in [2.05, 4.69) is 34.3 Å².